The molecule has 144 valence electrons. The van der Waals surface area contributed by atoms with Gasteiger partial charge in [-0.2, -0.15) is 0 Å². The first-order chi connectivity index (χ1) is 14.1. The highest BCUT2D eigenvalue weighted by molar-refractivity contribution is 6.47. The minimum atomic E-state index is -0.636. The number of carbonyl (C=O) groups excluding carboxylic acids is 2. The van der Waals surface area contributed by atoms with E-state index < -0.39 is 11.7 Å². The molecule has 0 saturated heterocycles. The largest absolute Gasteiger partial charge is 0.319 e. The molecule has 2 aromatic heterocycles. The van der Waals surface area contributed by atoms with E-state index >= 15 is 0 Å². The Hall–Kier alpha value is -3.66. The van der Waals surface area contributed by atoms with Crippen LogP contribution in [0.15, 0.2) is 79.0 Å². The Morgan fingerprint density at radius 3 is 2.41 bits per heavy atom. The highest BCUT2D eigenvalue weighted by Crippen LogP contribution is 2.29. The van der Waals surface area contributed by atoms with Crippen LogP contribution in [-0.2, 0) is 11.2 Å². The molecule has 0 unspecified atom stereocenters. The standard InChI is InChI=1S/C25H22N2O2/c1-3-18-8-4-5-10-22(18)26-25(29)24(28)23-21(19-13-11-17(2)12-14-19)16-20-9-6-7-15-27(20)23/h4-16H,3H2,1-2H3,(H,26,29). The van der Waals surface area contributed by atoms with Gasteiger partial charge in [0.05, 0.1) is 0 Å². The van der Waals surface area contributed by atoms with Gasteiger partial charge in [-0.1, -0.05) is 61.0 Å². The van der Waals surface area contributed by atoms with Gasteiger partial charge in [0, 0.05) is 23.0 Å². The Kier molecular flexibility index (Phi) is 5.00. The van der Waals surface area contributed by atoms with Gasteiger partial charge < -0.3 is 9.72 Å². The van der Waals surface area contributed by atoms with Crippen molar-refractivity contribution in [3.05, 3.63) is 95.8 Å². The van der Waals surface area contributed by atoms with Crippen molar-refractivity contribution in [2.45, 2.75) is 20.3 Å². The molecule has 4 aromatic rings. The highest BCUT2D eigenvalue weighted by Gasteiger charge is 2.25. The zero-order chi connectivity index (χ0) is 20.4. The lowest BCUT2D eigenvalue weighted by Crippen LogP contribution is -2.25. The van der Waals surface area contributed by atoms with Gasteiger partial charge >= 0.3 is 0 Å². The van der Waals surface area contributed by atoms with Crippen molar-refractivity contribution in [2.24, 2.45) is 0 Å². The predicted molar refractivity (Wildman–Crippen MR) is 116 cm³/mol. The first-order valence-corrected chi connectivity index (χ1v) is 9.69. The van der Waals surface area contributed by atoms with E-state index in [1.165, 1.54) is 0 Å². The van der Waals surface area contributed by atoms with Crippen LogP contribution in [0.2, 0.25) is 0 Å². The van der Waals surface area contributed by atoms with Crippen LogP contribution in [-0.4, -0.2) is 16.1 Å². The van der Waals surface area contributed by atoms with Crippen LogP contribution in [0.5, 0.6) is 0 Å². The zero-order valence-corrected chi connectivity index (χ0v) is 16.5. The van der Waals surface area contributed by atoms with E-state index in [1.807, 2.05) is 92.8 Å². The molecule has 0 radical (unpaired) electrons. The number of nitrogens with zero attached hydrogens (tertiary/aromatic N) is 1. The number of rotatable bonds is 5. The predicted octanol–water partition coefficient (Wildman–Crippen LogP) is 5.30. The topological polar surface area (TPSA) is 50.6 Å². The molecule has 2 aromatic carbocycles. The fraction of sp³-hybridized carbons (Fsp3) is 0.120. The molecular formula is C25H22N2O2. The van der Waals surface area contributed by atoms with Gasteiger partial charge in [-0.3, -0.25) is 9.59 Å². The molecule has 0 atom stereocenters. The fourth-order valence-corrected chi connectivity index (χ4v) is 3.55. The third-order valence-electron chi connectivity index (χ3n) is 5.11. The lowest BCUT2D eigenvalue weighted by molar-refractivity contribution is -0.112. The second-order valence-corrected chi connectivity index (χ2v) is 7.06. The lowest BCUT2D eigenvalue weighted by atomic mass is 10.0. The van der Waals surface area contributed by atoms with Crippen molar-refractivity contribution in [2.75, 3.05) is 5.32 Å². The van der Waals surface area contributed by atoms with Crippen molar-refractivity contribution in [1.29, 1.82) is 0 Å². The maximum absolute atomic E-state index is 13.3. The average Bonchev–Trinajstić information content (AvgIpc) is 3.13. The molecule has 0 spiro atoms. The number of pyridine rings is 1. The van der Waals surface area contributed by atoms with E-state index in [0.29, 0.717) is 11.4 Å². The van der Waals surface area contributed by atoms with Crippen LogP contribution in [0, 0.1) is 6.92 Å². The Morgan fingerprint density at radius 1 is 0.931 bits per heavy atom. The summed E-state index contributed by atoms with van der Waals surface area (Å²) < 4.78 is 1.78. The number of carbonyl (C=O) groups is 2. The number of hydrogen-bond acceptors (Lipinski definition) is 2. The van der Waals surface area contributed by atoms with Crippen LogP contribution >= 0.6 is 0 Å². The maximum Gasteiger partial charge on any atom is 0.298 e. The number of Topliss-reactive ketones (excluding diaryl/α,β-unsaturated/α-hetero) is 1. The average molecular weight is 382 g/mol. The van der Waals surface area contributed by atoms with Crippen molar-refractivity contribution in [3.63, 3.8) is 0 Å². The number of fused-ring (bicyclic) bond motifs is 1. The summed E-state index contributed by atoms with van der Waals surface area (Å²) in [6.45, 7) is 4.04. The van der Waals surface area contributed by atoms with Crippen molar-refractivity contribution >= 4 is 22.9 Å². The normalized spacial score (nSPS) is 10.8. The number of nitrogens with one attached hydrogen (secondary N) is 1. The molecule has 29 heavy (non-hydrogen) atoms. The number of anilines is 1. The van der Waals surface area contributed by atoms with Crippen LogP contribution in [0.25, 0.3) is 16.6 Å². The minimum absolute atomic E-state index is 0.371. The van der Waals surface area contributed by atoms with Gasteiger partial charge in [0.1, 0.15) is 5.69 Å². The second-order valence-electron chi connectivity index (χ2n) is 7.06. The summed E-state index contributed by atoms with van der Waals surface area (Å²) in [5.74, 6) is -1.19. The molecule has 0 aliphatic heterocycles. The smallest absolute Gasteiger partial charge is 0.298 e. The summed E-state index contributed by atoms with van der Waals surface area (Å²) in [7, 11) is 0. The second kappa shape index (κ2) is 7.76. The summed E-state index contributed by atoms with van der Waals surface area (Å²) in [6, 6.07) is 23.2. The lowest BCUT2D eigenvalue weighted by Gasteiger charge is -2.10. The fourth-order valence-electron chi connectivity index (χ4n) is 3.55. The highest BCUT2D eigenvalue weighted by atomic mass is 16.2. The molecule has 0 aliphatic carbocycles. The van der Waals surface area contributed by atoms with Crippen LogP contribution in [0.1, 0.15) is 28.5 Å². The Morgan fingerprint density at radius 2 is 1.66 bits per heavy atom. The van der Waals surface area contributed by atoms with E-state index in [9.17, 15) is 9.59 Å². The minimum Gasteiger partial charge on any atom is -0.319 e. The SMILES string of the molecule is CCc1ccccc1NC(=O)C(=O)c1c(-c2ccc(C)cc2)cc2ccccn12. The van der Waals surface area contributed by atoms with Gasteiger partial charge in [-0.15, -0.1) is 0 Å². The first-order valence-electron chi connectivity index (χ1n) is 9.69. The molecule has 0 aliphatic rings. The summed E-state index contributed by atoms with van der Waals surface area (Å²) in [5.41, 5.74) is 5.70. The summed E-state index contributed by atoms with van der Waals surface area (Å²) in [5, 5.41) is 2.80. The molecule has 1 amide bonds. The number of benzene rings is 2. The third kappa shape index (κ3) is 3.57. The van der Waals surface area contributed by atoms with Gasteiger partial charge in [0.25, 0.3) is 11.7 Å². The van der Waals surface area contributed by atoms with Gasteiger partial charge in [0.2, 0.25) is 0 Å². The molecule has 4 heteroatoms. The number of amides is 1. The van der Waals surface area contributed by atoms with Crippen molar-refractivity contribution < 1.29 is 9.59 Å². The van der Waals surface area contributed by atoms with E-state index in [2.05, 4.69) is 5.32 Å². The molecule has 0 bridgehead atoms. The van der Waals surface area contributed by atoms with E-state index in [0.717, 1.165) is 34.2 Å². The number of aromatic nitrogens is 1. The van der Waals surface area contributed by atoms with Gasteiger partial charge in [-0.25, -0.2) is 0 Å². The Balaban J connectivity index is 1.78. The third-order valence-corrected chi connectivity index (χ3v) is 5.11. The Labute approximate surface area is 169 Å². The van der Waals surface area contributed by atoms with Crippen molar-refractivity contribution in [3.8, 4) is 11.1 Å². The molecule has 0 fully saturated rings. The van der Waals surface area contributed by atoms with E-state index in [4.69, 9.17) is 0 Å². The maximum atomic E-state index is 13.3. The number of para-hydroxylation sites is 1. The van der Waals surface area contributed by atoms with Crippen LogP contribution in [0.3, 0.4) is 0 Å². The Bertz CT molecular complexity index is 1200. The molecule has 1 N–H and O–H groups in total. The summed E-state index contributed by atoms with van der Waals surface area (Å²) in [4.78, 5) is 26.1. The quantitative estimate of drug-likeness (QED) is 0.376. The summed E-state index contributed by atoms with van der Waals surface area (Å²) in [6.07, 6.45) is 2.58. The molecule has 2 heterocycles. The first kappa shape index (κ1) is 18.7. The van der Waals surface area contributed by atoms with Crippen molar-refractivity contribution in [1.82, 2.24) is 4.40 Å². The van der Waals surface area contributed by atoms with Gasteiger partial charge in [0.15, 0.2) is 0 Å². The summed E-state index contributed by atoms with van der Waals surface area (Å²) >= 11 is 0. The monoisotopic (exact) mass is 382 g/mol. The molecule has 4 nitrogen and oxygen atoms in total. The van der Waals surface area contributed by atoms with Crippen LogP contribution < -0.4 is 5.32 Å². The molecule has 4 rings (SSSR count). The zero-order valence-electron chi connectivity index (χ0n) is 16.5. The van der Waals surface area contributed by atoms with E-state index in [1.54, 1.807) is 4.40 Å². The number of aryl methyl sites for hydroxylation is 2. The number of ketones is 1. The molecular weight excluding hydrogens is 360 g/mol. The number of hydrogen-bond donors (Lipinski definition) is 1. The van der Waals surface area contributed by atoms with Gasteiger partial charge in [-0.05, 0) is 48.7 Å². The molecule has 0 saturated carbocycles. The van der Waals surface area contributed by atoms with E-state index in [-0.39, 0.29) is 0 Å². The van der Waals surface area contributed by atoms with Crippen LogP contribution in [0.4, 0.5) is 5.69 Å².